The van der Waals surface area contributed by atoms with Crippen LogP contribution in [0.3, 0.4) is 0 Å². The second-order valence-corrected chi connectivity index (χ2v) is 6.07. The maximum Gasteiger partial charge on any atom is 0.319 e. The van der Waals surface area contributed by atoms with E-state index in [2.05, 4.69) is 15.4 Å². The summed E-state index contributed by atoms with van der Waals surface area (Å²) >= 11 is 0. The summed E-state index contributed by atoms with van der Waals surface area (Å²) in [6.45, 7) is 1.06. The molecule has 6 heteroatoms. The molecule has 0 saturated heterocycles. The largest absolute Gasteiger partial charge is 0.489 e. The Morgan fingerprint density at radius 2 is 1.67 bits per heavy atom. The second kappa shape index (κ2) is 11.6. The second-order valence-electron chi connectivity index (χ2n) is 6.07. The molecule has 0 bridgehead atoms. The molecular formula is C21H26N2O4. The van der Waals surface area contributed by atoms with Gasteiger partial charge in [-0.15, -0.1) is 0 Å². The molecule has 2 aromatic rings. The van der Waals surface area contributed by atoms with Crippen molar-refractivity contribution in [3.8, 4) is 5.75 Å². The van der Waals surface area contributed by atoms with Gasteiger partial charge < -0.3 is 20.1 Å². The Bertz CT molecular complexity index is 702. The van der Waals surface area contributed by atoms with Gasteiger partial charge in [0.25, 0.3) is 0 Å². The molecule has 0 aromatic heterocycles. The summed E-state index contributed by atoms with van der Waals surface area (Å²) < 4.78 is 10.3. The fourth-order valence-electron chi connectivity index (χ4n) is 2.43. The van der Waals surface area contributed by atoms with Gasteiger partial charge in [-0.1, -0.05) is 36.8 Å². The van der Waals surface area contributed by atoms with Gasteiger partial charge in [-0.3, -0.25) is 4.79 Å². The number of anilines is 1. The van der Waals surface area contributed by atoms with Gasteiger partial charge in [-0.25, -0.2) is 4.79 Å². The van der Waals surface area contributed by atoms with Crippen LogP contribution in [0.2, 0.25) is 0 Å². The van der Waals surface area contributed by atoms with Crippen molar-refractivity contribution in [3.63, 3.8) is 0 Å². The number of carbonyl (C=O) groups is 2. The average Bonchev–Trinajstić information content (AvgIpc) is 2.70. The quantitative estimate of drug-likeness (QED) is 0.487. The van der Waals surface area contributed by atoms with Crippen molar-refractivity contribution < 1.29 is 19.1 Å². The summed E-state index contributed by atoms with van der Waals surface area (Å²) in [7, 11) is 1.39. The Kier molecular flexibility index (Phi) is 8.69. The van der Waals surface area contributed by atoms with Crippen molar-refractivity contribution in [2.75, 3.05) is 19.0 Å². The number of rotatable bonds is 10. The van der Waals surface area contributed by atoms with Crippen molar-refractivity contribution in [1.82, 2.24) is 5.32 Å². The first kappa shape index (κ1) is 20.3. The molecule has 2 rings (SSSR count). The Hall–Kier alpha value is -3.02. The number of hydrogen-bond donors (Lipinski definition) is 2. The van der Waals surface area contributed by atoms with Crippen LogP contribution in [-0.4, -0.2) is 25.7 Å². The lowest BCUT2D eigenvalue weighted by Crippen LogP contribution is -2.29. The third-order valence-electron chi connectivity index (χ3n) is 3.93. The van der Waals surface area contributed by atoms with E-state index < -0.39 is 0 Å². The van der Waals surface area contributed by atoms with Gasteiger partial charge >= 0.3 is 12.0 Å². The number of hydrogen-bond acceptors (Lipinski definition) is 4. The van der Waals surface area contributed by atoms with Gasteiger partial charge in [0.05, 0.1) is 7.11 Å². The van der Waals surface area contributed by atoms with Crippen LogP contribution < -0.4 is 15.4 Å². The van der Waals surface area contributed by atoms with E-state index >= 15 is 0 Å². The van der Waals surface area contributed by atoms with E-state index in [-0.39, 0.29) is 12.0 Å². The summed E-state index contributed by atoms with van der Waals surface area (Å²) in [6, 6.07) is 16.9. The van der Waals surface area contributed by atoms with Crippen LogP contribution in [0.1, 0.15) is 31.2 Å². The summed E-state index contributed by atoms with van der Waals surface area (Å²) in [4.78, 5) is 22.8. The monoisotopic (exact) mass is 370 g/mol. The standard InChI is InChI=1S/C21H26N2O4/c1-26-20(24)10-6-3-7-15-22-21(25)23-18-11-13-19(14-12-18)27-16-17-8-4-2-5-9-17/h2,4-5,8-9,11-14H,3,6-7,10,15-16H2,1H3,(H2,22,23,25). The van der Waals surface area contributed by atoms with Crippen LogP contribution in [0, 0.1) is 0 Å². The molecule has 0 aliphatic rings. The fraction of sp³-hybridized carbons (Fsp3) is 0.333. The van der Waals surface area contributed by atoms with Gasteiger partial charge in [0.15, 0.2) is 0 Å². The number of methoxy groups -OCH3 is 1. The SMILES string of the molecule is COC(=O)CCCCCNC(=O)Nc1ccc(OCc2ccccc2)cc1. The number of unbranched alkanes of at least 4 members (excludes halogenated alkanes) is 2. The van der Waals surface area contributed by atoms with Crippen LogP contribution in [0.5, 0.6) is 5.75 Å². The molecule has 0 atom stereocenters. The number of nitrogens with one attached hydrogen (secondary N) is 2. The lowest BCUT2D eigenvalue weighted by molar-refractivity contribution is -0.140. The van der Waals surface area contributed by atoms with Crippen molar-refractivity contribution in [3.05, 3.63) is 60.2 Å². The summed E-state index contributed by atoms with van der Waals surface area (Å²) in [5.74, 6) is 0.548. The molecule has 2 amide bonds. The lowest BCUT2D eigenvalue weighted by atomic mass is 10.2. The first-order valence-electron chi connectivity index (χ1n) is 9.06. The van der Waals surface area contributed by atoms with E-state index in [1.54, 1.807) is 12.1 Å². The van der Waals surface area contributed by atoms with Crippen LogP contribution in [0.4, 0.5) is 10.5 Å². The van der Waals surface area contributed by atoms with Gasteiger partial charge in [-0.2, -0.15) is 0 Å². The minimum Gasteiger partial charge on any atom is -0.489 e. The van der Waals surface area contributed by atoms with E-state index in [4.69, 9.17) is 4.74 Å². The summed E-state index contributed by atoms with van der Waals surface area (Å²) in [6.07, 6.45) is 2.86. The third-order valence-corrected chi connectivity index (χ3v) is 3.93. The Morgan fingerprint density at radius 3 is 2.37 bits per heavy atom. The molecule has 2 N–H and O–H groups in total. The number of esters is 1. The van der Waals surface area contributed by atoms with Crippen molar-refractivity contribution in [2.45, 2.75) is 32.3 Å². The maximum absolute atomic E-state index is 11.9. The summed E-state index contributed by atoms with van der Waals surface area (Å²) in [5, 5.41) is 5.58. The molecule has 0 radical (unpaired) electrons. The van der Waals surface area contributed by atoms with E-state index in [1.165, 1.54) is 7.11 Å². The molecule has 0 fully saturated rings. The van der Waals surface area contributed by atoms with Crippen LogP contribution >= 0.6 is 0 Å². The molecule has 6 nitrogen and oxygen atoms in total. The van der Waals surface area contributed by atoms with Gasteiger partial charge in [0, 0.05) is 18.7 Å². The molecule has 0 heterocycles. The molecule has 0 saturated carbocycles. The molecule has 27 heavy (non-hydrogen) atoms. The van der Waals surface area contributed by atoms with Gasteiger partial charge in [0.2, 0.25) is 0 Å². The van der Waals surface area contributed by atoms with Gasteiger partial charge in [-0.05, 0) is 42.7 Å². The third kappa shape index (κ3) is 8.27. The molecular weight excluding hydrogens is 344 g/mol. The number of urea groups is 1. The Balaban J connectivity index is 1.62. The normalized spacial score (nSPS) is 10.1. The van der Waals surface area contributed by atoms with Crippen LogP contribution in [-0.2, 0) is 16.1 Å². The smallest absolute Gasteiger partial charge is 0.319 e. The van der Waals surface area contributed by atoms with E-state index in [0.29, 0.717) is 25.3 Å². The minimum atomic E-state index is -0.249. The molecule has 0 aliphatic carbocycles. The van der Waals surface area contributed by atoms with Crippen molar-refractivity contribution in [2.24, 2.45) is 0 Å². The highest BCUT2D eigenvalue weighted by Crippen LogP contribution is 2.17. The Labute approximate surface area is 159 Å². The Morgan fingerprint density at radius 1 is 0.926 bits per heavy atom. The predicted molar refractivity (Wildman–Crippen MR) is 105 cm³/mol. The number of ether oxygens (including phenoxy) is 2. The number of benzene rings is 2. The van der Waals surface area contributed by atoms with Gasteiger partial charge in [0.1, 0.15) is 12.4 Å². The zero-order chi connectivity index (χ0) is 19.3. The fourth-order valence-corrected chi connectivity index (χ4v) is 2.43. The highest BCUT2D eigenvalue weighted by Gasteiger charge is 2.03. The highest BCUT2D eigenvalue weighted by molar-refractivity contribution is 5.89. The molecule has 0 aliphatic heterocycles. The average molecular weight is 370 g/mol. The molecule has 0 spiro atoms. The van der Waals surface area contributed by atoms with E-state index in [1.807, 2.05) is 42.5 Å². The van der Waals surface area contributed by atoms with Crippen molar-refractivity contribution >= 4 is 17.7 Å². The first-order chi connectivity index (χ1) is 13.2. The zero-order valence-corrected chi connectivity index (χ0v) is 15.6. The molecule has 0 unspecified atom stereocenters. The topological polar surface area (TPSA) is 76.7 Å². The molecule has 144 valence electrons. The van der Waals surface area contributed by atoms with Crippen LogP contribution in [0.25, 0.3) is 0 Å². The van der Waals surface area contributed by atoms with E-state index in [9.17, 15) is 9.59 Å². The van der Waals surface area contributed by atoms with Crippen molar-refractivity contribution in [1.29, 1.82) is 0 Å². The number of amides is 2. The number of carbonyl (C=O) groups excluding carboxylic acids is 2. The minimum absolute atomic E-state index is 0.197. The maximum atomic E-state index is 11.9. The highest BCUT2D eigenvalue weighted by atomic mass is 16.5. The predicted octanol–water partition coefficient (Wildman–Crippen LogP) is 4.12. The molecule has 2 aromatic carbocycles. The zero-order valence-electron chi connectivity index (χ0n) is 15.6. The van der Waals surface area contributed by atoms with Crippen LogP contribution in [0.15, 0.2) is 54.6 Å². The van der Waals surface area contributed by atoms with E-state index in [0.717, 1.165) is 30.6 Å². The summed E-state index contributed by atoms with van der Waals surface area (Å²) in [5.41, 5.74) is 1.80. The lowest BCUT2D eigenvalue weighted by Gasteiger charge is -2.09. The first-order valence-corrected chi connectivity index (χ1v) is 9.06.